The van der Waals surface area contributed by atoms with Gasteiger partial charge in [0.05, 0.1) is 0 Å². The molecule has 1 aromatic rings. The van der Waals surface area contributed by atoms with Gasteiger partial charge in [-0.15, -0.1) is 0 Å². The number of sulfone groups is 1. The Morgan fingerprint density at radius 3 is 2.50 bits per heavy atom. The summed E-state index contributed by atoms with van der Waals surface area (Å²) in [7, 11) is -3.86. The van der Waals surface area contributed by atoms with Crippen LogP contribution in [0.4, 0.5) is 10.1 Å². The number of carbonyl (C=O) groups excluding carboxylic acids is 2. The summed E-state index contributed by atoms with van der Waals surface area (Å²) in [5.41, 5.74) is 0.299. The van der Waals surface area contributed by atoms with Gasteiger partial charge in [-0.2, -0.15) is 0 Å². The number of halogens is 1. The Morgan fingerprint density at radius 1 is 1.21 bits per heavy atom. The zero-order chi connectivity index (χ0) is 17.7. The van der Waals surface area contributed by atoms with Crippen LogP contribution in [0.25, 0.3) is 0 Å². The minimum atomic E-state index is -3.86. The number of anilines is 1. The Balaban J connectivity index is 1.91. The fourth-order valence-corrected chi connectivity index (χ4v) is 3.84. The molecule has 1 aromatic carbocycles. The van der Waals surface area contributed by atoms with Gasteiger partial charge in [0.25, 0.3) is 0 Å². The number of amides is 2. The van der Waals surface area contributed by atoms with E-state index in [1.807, 2.05) is 6.92 Å². The molecule has 8 heteroatoms. The van der Waals surface area contributed by atoms with Crippen molar-refractivity contribution in [2.75, 3.05) is 23.4 Å². The van der Waals surface area contributed by atoms with Gasteiger partial charge in [-0.1, -0.05) is 0 Å². The van der Waals surface area contributed by atoms with Crippen molar-refractivity contribution in [1.82, 2.24) is 4.90 Å². The van der Waals surface area contributed by atoms with Crippen molar-refractivity contribution in [3.63, 3.8) is 0 Å². The van der Waals surface area contributed by atoms with E-state index in [0.29, 0.717) is 12.2 Å². The highest BCUT2D eigenvalue weighted by Crippen LogP contribution is 2.17. The molecular formula is C16H21FN2O4S. The molecule has 6 nitrogen and oxygen atoms in total. The van der Waals surface area contributed by atoms with Gasteiger partial charge >= 0.3 is 0 Å². The predicted octanol–water partition coefficient (Wildman–Crippen LogP) is 1.58. The van der Waals surface area contributed by atoms with Crippen LogP contribution in [0.2, 0.25) is 0 Å². The third-order valence-electron chi connectivity index (χ3n) is 3.95. The third kappa shape index (κ3) is 5.30. The van der Waals surface area contributed by atoms with Gasteiger partial charge in [-0.3, -0.25) is 9.59 Å². The first kappa shape index (κ1) is 18.4. The maximum absolute atomic E-state index is 12.8. The molecule has 132 valence electrons. The van der Waals surface area contributed by atoms with Crippen molar-refractivity contribution in [1.29, 1.82) is 0 Å². The topological polar surface area (TPSA) is 83.6 Å². The largest absolute Gasteiger partial charge is 0.339 e. The summed E-state index contributed by atoms with van der Waals surface area (Å²) >= 11 is 0. The Morgan fingerprint density at radius 2 is 1.88 bits per heavy atom. The number of benzene rings is 1. The van der Waals surface area contributed by atoms with Crippen LogP contribution in [0.15, 0.2) is 24.3 Å². The van der Waals surface area contributed by atoms with E-state index < -0.39 is 39.0 Å². The molecule has 0 spiro atoms. The summed E-state index contributed by atoms with van der Waals surface area (Å²) in [5.74, 6) is -3.12. The maximum atomic E-state index is 12.8. The Hall–Kier alpha value is -1.96. The third-order valence-corrected chi connectivity index (χ3v) is 5.33. The maximum Gasteiger partial charge on any atom is 0.239 e. The molecule has 1 N–H and O–H groups in total. The number of hydrogen-bond donors (Lipinski definition) is 1. The second-order valence-electron chi connectivity index (χ2n) is 6.02. The highest BCUT2D eigenvalue weighted by molar-refractivity contribution is 7.92. The Bertz CT molecular complexity index is 703. The van der Waals surface area contributed by atoms with Crippen LogP contribution < -0.4 is 5.32 Å². The first-order valence-electron chi connectivity index (χ1n) is 7.82. The number of piperidine rings is 1. The smallest absolute Gasteiger partial charge is 0.239 e. The minimum absolute atomic E-state index is 0.0227. The highest BCUT2D eigenvalue weighted by atomic mass is 32.2. The molecule has 2 rings (SSSR count). The molecule has 0 bridgehead atoms. The van der Waals surface area contributed by atoms with Crippen LogP contribution >= 0.6 is 0 Å². The molecule has 1 aliphatic rings. The SMILES string of the molecule is CC1CCCCN1C(=O)CS(=O)(=O)CC(=O)Nc1ccc(F)cc1. The van der Waals surface area contributed by atoms with Crippen LogP contribution in [-0.4, -0.2) is 49.2 Å². The molecule has 24 heavy (non-hydrogen) atoms. The molecule has 1 atom stereocenters. The van der Waals surface area contributed by atoms with E-state index in [1.54, 1.807) is 4.90 Å². The van der Waals surface area contributed by atoms with E-state index >= 15 is 0 Å². The number of likely N-dealkylation sites (tertiary alicyclic amines) is 1. The predicted molar refractivity (Wildman–Crippen MR) is 88.7 cm³/mol. The lowest BCUT2D eigenvalue weighted by Crippen LogP contribution is -2.45. The Kier molecular flexibility index (Phi) is 5.93. The summed E-state index contributed by atoms with van der Waals surface area (Å²) in [5, 5.41) is 2.38. The van der Waals surface area contributed by atoms with Crippen molar-refractivity contribution in [3.8, 4) is 0 Å². The molecular weight excluding hydrogens is 335 g/mol. The molecule has 0 aromatic heterocycles. The van der Waals surface area contributed by atoms with E-state index in [4.69, 9.17) is 0 Å². The quantitative estimate of drug-likeness (QED) is 0.868. The molecule has 0 aliphatic carbocycles. The lowest BCUT2D eigenvalue weighted by molar-refractivity contribution is -0.131. The van der Waals surface area contributed by atoms with E-state index in [1.165, 1.54) is 12.1 Å². The van der Waals surface area contributed by atoms with Gasteiger partial charge in [0.1, 0.15) is 17.3 Å². The van der Waals surface area contributed by atoms with E-state index in [2.05, 4.69) is 5.32 Å². The highest BCUT2D eigenvalue weighted by Gasteiger charge is 2.28. The van der Waals surface area contributed by atoms with Crippen LogP contribution in [0.5, 0.6) is 0 Å². The summed E-state index contributed by atoms with van der Waals surface area (Å²) in [6.07, 6.45) is 2.75. The number of rotatable bonds is 5. The summed E-state index contributed by atoms with van der Waals surface area (Å²) < 4.78 is 36.9. The molecule has 1 unspecified atom stereocenters. The lowest BCUT2D eigenvalue weighted by atomic mass is 10.0. The van der Waals surface area contributed by atoms with Crippen molar-refractivity contribution in [2.24, 2.45) is 0 Å². The zero-order valence-corrected chi connectivity index (χ0v) is 14.3. The zero-order valence-electron chi connectivity index (χ0n) is 13.5. The van der Waals surface area contributed by atoms with Crippen LogP contribution in [0.1, 0.15) is 26.2 Å². The number of nitrogens with zero attached hydrogens (tertiary/aromatic N) is 1. The van der Waals surface area contributed by atoms with Gasteiger partial charge in [0.15, 0.2) is 9.84 Å². The van der Waals surface area contributed by atoms with Crippen LogP contribution in [0.3, 0.4) is 0 Å². The van der Waals surface area contributed by atoms with Crippen molar-refractivity contribution < 1.29 is 22.4 Å². The molecule has 1 aliphatic heterocycles. The summed E-state index contributed by atoms with van der Waals surface area (Å²) in [6.45, 7) is 2.45. The second kappa shape index (κ2) is 7.74. The Labute approximate surface area is 140 Å². The number of carbonyl (C=O) groups is 2. The average Bonchev–Trinajstić information content (AvgIpc) is 2.48. The summed E-state index contributed by atoms with van der Waals surface area (Å²) in [4.78, 5) is 25.6. The van der Waals surface area contributed by atoms with E-state index in [0.717, 1.165) is 31.4 Å². The normalized spacial score (nSPS) is 18.2. The average molecular weight is 356 g/mol. The van der Waals surface area contributed by atoms with Crippen LogP contribution in [-0.2, 0) is 19.4 Å². The fourth-order valence-electron chi connectivity index (χ4n) is 2.72. The molecule has 1 heterocycles. The van der Waals surface area contributed by atoms with Crippen molar-refractivity contribution in [2.45, 2.75) is 32.2 Å². The first-order valence-corrected chi connectivity index (χ1v) is 9.64. The van der Waals surface area contributed by atoms with Crippen molar-refractivity contribution >= 4 is 27.3 Å². The van der Waals surface area contributed by atoms with Gasteiger partial charge < -0.3 is 10.2 Å². The molecule has 1 fully saturated rings. The molecule has 0 saturated carbocycles. The molecule has 0 radical (unpaired) electrons. The van der Waals surface area contributed by atoms with E-state index in [-0.39, 0.29) is 6.04 Å². The molecule has 2 amide bonds. The number of hydrogen-bond acceptors (Lipinski definition) is 4. The van der Waals surface area contributed by atoms with E-state index in [9.17, 15) is 22.4 Å². The van der Waals surface area contributed by atoms with Gasteiger partial charge in [0, 0.05) is 18.3 Å². The number of nitrogens with one attached hydrogen (secondary N) is 1. The second-order valence-corrected chi connectivity index (χ2v) is 8.08. The van der Waals surface area contributed by atoms with Gasteiger partial charge in [0.2, 0.25) is 11.8 Å². The van der Waals surface area contributed by atoms with Crippen LogP contribution in [0, 0.1) is 5.82 Å². The van der Waals surface area contributed by atoms with Crippen molar-refractivity contribution in [3.05, 3.63) is 30.1 Å². The summed E-state index contributed by atoms with van der Waals surface area (Å²) in [6, 6.07) is 5.01. The molecule has 1 saturated heterocycles. The monoisotopic (exact) mass is 356 g/mol. The van der Waals surface area contributed by atoms with Gasteiger partial charge in [-0.25, -0.2) is 12.8 Å². The fraction of sp³-hybridized carbons (Fsp3) is 0.500. The lowest BCUT2D eigenvalue weighted by Gasteiger charge is -2.33. The van der Waals surface area contributed by atoms with Gasteiger partial charge in [-0.05, 0) is 50.5 Å². The first-order chi connectivity index (χ1) is 11.3. The minimum Gasteiger partial charge on any atom is -0.339 e. The standard InChI is InChI=1S/C16H21FN2O4S/c1-12-4-2-3-9-19(12)16(21)11-24(22,23)10-15(20)18-14-7-5-13(17)6-8-14/h5-8,12H,2-4,9-11H2,1H3,(H,18,20).